The summed E-state index contributed by atoms with van der Waals surface area (Å²) in [5.41, 5.74) is 9.68. The van der Waals surface area contributed by atoms with E-state index >= 15 is 0 Å². The van der Waals surface area contributed by atoms with E-state index in [1.807, 2.05) is 12.1 Å². The molecular weight excluding hydrogens is 304 g/mol. The van der Waals surface area contributed by atoms with Gasteiger partial charge in [0.15, 0.2) is 0 Å². The SMILES string of the molecule is COCCN(C)Cc1ccc2[nH]c(-c3cc(N)c[nH]c3=O)cc2c1. The number of anilines is 1. The lowest BCUT2D eigenvalue weighted by molar-refractivity contribution is 0.158. The molecule has 24 heavy (non-hydrogen) atoms. The highest BCUT2D eigenvalue weighted by Gasteiger charge is 2.09. The van der Waals surface area contributed by atoms with Crippen LogP contribution in [-0.2, 0) is 11.3 Å². The van der Waals surface area contributed by atoms with Crippen LogP contribution in [0.15, 0.2) is 41.3 Å². The van der Waals surface area contributed by atoms with E-state index in [1.165, 1.54) is 11.8 Å². The molecule has 0 fully saturated rings. The van der Waals surface area contributed by atoms with Gasteiger partial charge in [-0.2, -0.15) is 0 Å². The monoisotopic (exact) mass is 326 g/mol. The Morgan fingerprint density at radius 2 is 2.08 bits per heavy atom. The van der Waals surface area contributed by atoms with E-state index in [1.54, 1.807) is 13.2 Å². The van der Waals surface area contributed by atoms with Gasteiger partial charge in [0.25, 0.3) is 5.56 Å². The number of nitrogens with zero attached hydrogens (tertiary/aromatic N) is 1. The molecule has 0 bridgehead atoms. The molecule has 0 unspecified atom stereocenters. The number of ether oxygens (including phenoxy) is 1. The lowest BCUT2D eigenvalue weighted by Crippen LogP contribution is -2.22. The molecule has 0 aliphatic heterocycles. The topological polar surface area (TPSA) is 87.1 Å². The molecule has 0 atom stereocenters. The van der Waals surface area contributed by atoms with Crippen LogP contribution in [0.1, 0.15) is 5.56 Å². The van der Waals surface area contributed by atoms with Crippen molar-refractivity contribution >= 4 is 16.6 Å². The number of aromatic amines is 2. The Morgan fingerprint density at radius 1 is 1.25 bits per heavy atom. The second kappa shape index (κ2) is 6.90. The van der Waals surface area contributed by atoms with Crippen LogP contribution in [0.25, 0.3) is 22.2 Å². The van der Waals surface area contributed by atoms with Crippen LogP contribution < -0.4 is 11.3 Å². The summed E-state index contributed by atoms with van der Waals surface area (Å²) in [4.78, 5) is 20.2. The molecule has 3 rings (SSSR count). The summed E-state index contributed by atoms with van der Waals surface area (Å²) < 4.78 is 5.10. The molecule has 0 spiro atoms. The first-order valence-electron chi connectivity index (χ1n) is 7.84. The van der Waals surface area contributed by atoms with Crippen LogP contribution in [0, 0.1) is 0 Å². The summed E-state index contributed by atoms with van der Waals surface area (Å²) in [6.45, 7) is 2.44. The first-order valence-corrected chi connectivity index (χ1v) is 7.84. The van der Waals surface area contributed by atoms with Gasteiger partial charge in [0, 0.05) is 43.0 Å². The van der Waals surface area contributed by atoms with Gasteiger partial charge in [-0.05, 0) is 36.9 Å². The predicted molar refractivity (Wildman–Crippen MR) is 97.0 cm³/mol. The largest absolute Gasteiger partial charge is 0.398 e. The van der Waals surface area contributed by atoms with Crippen molar-refractivity contribution in [3.05, 3.63) is 52.4 Å². The number of nitrogen functional groups attached to an aromatic ring is 1. The van der Waals surface area contributed by atoms with Gasteiger partial charge in [0.1, 0.15) is 0 Å². The molecular formula is C18H22N4O2. The number of methoxy groups -OCH3 is 1. The molecule has 0 aliphatic rings. The van der Waals surface area contributed by atoms with Crippen molar-refractivity contribution in [2.24, 2.45) is 0 Å². The Labute approximate surface area is 140 Å². The van der Waals surface area contributed by atoms with Crippen molar-refractivity contribution in [2.75, 3.05) is 33.0 Å². The number of hydrogen-bond donors (Lipinski definition) is 3. The Morgan fingerprint density at radius 3 is 2.88 bits per heavy atom. The zero-order chi connectivity index (χ0) is 17.1. The Hall–Kier alpha value is -2.57. The van der Waals surface area contributed by atoms with Crippen LogP contribution in [0.5, 0.6) is 0 Å². The molecule has 4 N–H and O–H groups in total. The van der Waals surface area contributed by atoms with E-state index in [-0.39, 0.29) is 5.56 Å². The number of H-pyrrole nitrogens is 2. The van der Waals surface area contributed by atoms with Crippen LogP contribution >= 0.6 is 0 Å². The normalized spacial score (nSPS) is 11.5. The Bertz CT molecular complexity index is 897. The predicted octanol–water partition coefficient (Wildman–Crippen LogP) is 2.18. The van der Waals surface area contributed by atoms with E-state index < -0.39 is 0 Å². The highest BCUT2D eigenvalue weighted by molar-refractivity contribution is 5.86. The van der Waals surface area contributed by atoms with Gasteiger partial charge in [-0.15, -0.1) is 0 Å². The van der Waals surface area contributed by atoms with E-state index in [9.17, 15) is 4.79 Å². The standard InChI is InChI=1S/C18H22N4O2/c1-22(5-6-24-2)11-12-3-4-16-13(7-12)8-17(21-16)15-9-14(19)10-20-18(15)23/h3-4,7-10,21H,5-6,11,19H2,1-2H3,(H,20,23). The smallest absolute Gasteiger partial charge is 0.257 e. The molecule has 6 nitrogen and oxygen atoms in total. The minimum absolute atomic E-state index is 0.157. The third-order valence-electron chi connectivity index (χ3n) is 4.03. The zero-order valence-corrected chi connectivity index (χ0v) is 13.9. The van der Waals surface area contributed by atoms with Crippen LogP contribution in [-0.4, -0.2) is 42.2 Å². The molecule has 126 valence electrons. The van der Waals surface area contributed by atoms with Gasteiger partial charge in [0.05, 0.1) is 17.9 Å². The van der Waals surface area contributed by atoms with Crippen molar-refractivity contribution < 1.29 is 4.74 Å². The molecule has 6 heteroatoms. The fourth-order valence-corrected chi connectivity index (χ4v) is 2.76. The van der Waals surface area contributed by atoms with E-state index in [0.717, 1.165) is 29.7 Å². The summed E-state index contributed by atoms with van der Waals surface area (Å²) in [6.07, 6.45) is 1.50. The summed E-state index contributed by atoms with van der Waals surface area (Å²) in [7, 11) is 3.78. The molecule has 0 aliphatic carbocycles. The number of fused-ring (bicyclic) bond motifs is 1. The first-order chi connectivity index (χ1) is 11.6. The Kier molecular flexibility index (Phi) is 4.69. The molecule has 1 aromatic carbocycles. The lowest BCUT2D eigenvalue weighted by Gasteiger charge is -2.15. The summed E-state index contributed by atoms with van der Waals surface area (Å²) in [6, 6.07) is 9.94. The molecule has 0 radical (unpaired) electrons. The van der Waals surface area contributed by atoms with Gasteiger partial charge < -0.3 is 20.4 Å². The van der Waals surface area contributed by atoms with Gasteiger partial charge in [-0.1, -0.05) is 6.07 Å². The van der Waals surface area contributed by atoms with Crippen LogP contribution in [0.2, 0.25) is 0 Å². The summed E-state index contributed by atoms with van der Waals surface area (Å²) in [5.74, 6) is 0. The first kappa shape index (κ1) is 16.3. The zero-order valence-electron chi connectivity index (χ0n) is 13.9. The maximum Gasteiger partial charge on any atom is 0.257 e. The number of aromatic nitrogens is 2. The molecule has 2 heterocycles. The van der Waals surface area contributed by atoms with E-state index in [4.69, 9.17) is 10.5 Å². The minimum atomic E-state index is -0.157. The number of nitrogens with one attached hydrogen (secondary N) is 2. The van der Waals surface area contributed by atoms with E-state index in [2.05, 4.69) is 34.0 Å². The second-order valence-corrected chi connectivity index (χ2v) is 6.01. The van der Waals surface area contributed by atoms with E-state index in [0.29, 0.717) is 17.9 Å². The third-order valence-corrected chi connectivity index (χ3v) is 4.03. The molecule has 2 aromatic heterocycles. The average Bonchev–Trinajstić information content (AvgIpc) is 2.98. The lowest BCUT2D eigenvalue weighted by atomic mass is 10.1. The fraction of sp³-hybridized carbons (Fsp3) is 0.278. The van der Waals surface area contributed by atoms with Crippen molar-refractivity contribution in [1.29, 1.82) is 0 Å². The molecule has 0 saturated carbocycles. The van der Waals surface area contributed by atoms with Crippen molar-refractivity contribution in [1.82, 2.24) is 14.9 Å². The fourth-order valence-electron chi connectivity index (χ4n) is 2.76. The van der Waals surface area contributed by atoms with Gasteiger partial charge in [0.2, 0.25) is 0 Å². The number of likely N-dealkylation sites (N-methyl/N-ethyl adjacent to an activating group) is 1. The van der Waals surface area contributed by atoms with Gasteiger partial charge >= 0.3 is 0 Å². The van der Waals surface area contributed by atoms with Crippen molar-refractivity contribution in [3.8, 4) is 11.3 Å². The quantitative estimate of drug-likeness (QED) is 0.648. The number of rotatable bonds is 6. The number of benzene rings is 1. The maximum absolute atomic E-state index is 12.0. The molecule has 3 aromatic rings. The maximum atomic E-state index is 12.0. The highest BCUT2D eigenvalue weighted by atomic mass is 16.5. The highest BCUT2D eigenvalue weighted by Crippen LogP contribution is 2.24. The van der Waals surface area contributed by atoms with Crippen molar-refractivity contribution in [3.63, 3.8) is 0 Å². The average molecular weight is 326 g/mol. The molecule has 0 saturated heterocycles. The second-order valence-electron chi connectivity index (χ2n) is 6.01. The van der Waals surface area contributed by atoms with Gasteiger partial charge in [-0.25, -0.2) is 0 Å². The van der Waals surface area contributed by atoms with Crippen LogP contribution in [0.3, 0.4) is 0 Å². The van der Waals surface area contributed by atoms with Crippen LogP contribution in [0.4, 0.5) is 5.69 Å². The van der Waals surface area contributed by atoms with Gasteiger partial charge in [-0.3, -0.25) is 9.69 Å². The summed E-state index contributed by atoms with van der Waals surface area (Å²) >= 11 is 0. The minimum Gasteiger partial charge on any atom is -0.398 e. The number of nitrogens with two attached hydrogens (primary N) is 1. The molecule has 0 amide bonds. The summed E-state index contributed by atoms with van der Waals surface area (Å²) in [5, 5.41) is 1.07. The number of pyridine rings is 1. The van der Waals surface area contributed by atoms with Crippen molar-refractivity contribution in [2.45, 2.75) is 6.54 Å². The Balaban J connectivity index is 1.89. The third kappa shape index (κ3) is 3.50. The number of hydrogen-bond acceptors (Lipinski definition) is 4.